The van der Waals surface area contributed by atoms with Crippen LogP contribution in [0.3, 0.4) is 0 Å². The minimum absolute atomic E-state index is 0.0242. The highest BCUT2D eigenvalue weighted by atomic mass is 32.2. The average molecular weight is 466 g/mol. The number of furan rings is 1. The Balaban J connectivity index is 2.06. The van der Waals surface area contributed by atoms with E-state index in [4.69, 9.17) is 13.9 Å². The largest absolute Gasteiger partial charge is 0.495 e. The summed E-state index contributed by atoms with van der Waals surface area (Å²) in [6.07, 6.45) is 1.21. The lowest BCUT2D eigenvalue weighted by Gasteiger charge is -2.16. The Bertz CT molecular complexity index is 1200. The highest BCUT2D eigenvalue weighted by molar-refractivity contribution is 7.99. The monoisotopic (exact) mass is 465 g/mol. The smallest absolute Gasteiger partial charge is 0.316 e. The van der Waals surface area contributed by atoms with Crippen LogP contribution in [-0.2, 0) is 9.53 Å². The first kappa shape index (κ1) is 23.9. The summed E-state index contributed by atoms with van der Waals surface area (Å²) in [6.45, 7) is 5.19. The summed E-state index contributed by atoms with van der Waals surface area (Å²) in [7, 11) is 1.51. The lowest BCUT2D eigenvalue weighted by atomic mass is 9.99. The number of thioether (sulfide) groups is 1. The number of esters is 1. The van der Waals surface area contributed by atoms with Crippen LogP contribution in [-0.4, -0.2) is 35.8 Å². The van der Waals surface area contributed by atoms with Gasteiger partial charge in [0.15, 0.2) is 0 Å². The number of carbonyl (C=O) groups excluding carboxylic acids is 2. The molecule has 0 saturated heterocycles. The van der Waals surface area contributed by atoms with Gasteiger partial charge in [-0.3, -0.25) is 9.59 Å². The fourth-order valence-electron chi connectivity index (χ4n) is 3.19. The van der Waals surface area contributed by atoms with E-state index < -0.39 is 11.9 Å². The first-order valence-electron chi connectivity index (χ1n) is 10.1. The van der Waals surface area contributed by atoms with Gasteiger partial charge in [-0.05, 0) is 45.0 Å². The summed E-state index contributed by atoms with van der Waals surface area (Å²) in [5.41, 5.74) is 1.50. The van der Waals surface area contributed by atoms with E-state index in [1.807, 2.05) is 0 Å². The van der Waals surface area contributed by atoms with Crippen molar-refractivity contribution in [1.29, 1.82) is 5.26 Å². The van der Waals surface area contributed by atoms with E-state index in [1.165, 1.54) is 13.4 Å². The fraction of sp³-hybridized carbons (Fsp3) is 0.250. The molecule has 0 unspecified atom stereocenters. The van der Waals surface area contributed by atoms with E-state index in [1.54, 1.807) is 57.2 Å². The van der Waals surface area contributed by atoms with Crippen LogP contribution in [0.4, 0.5) is 5.69 Å². The normalized spacial score (nSPS) is 10.5. The standard InChI is InChI=1S/C24H23N3O5S/c1-14(2)32-20(28)13-33-24-16(12-25)22(19-10-7-11-31-19)21(15(3)26-24)23(29)27-17-8-5-6-9-18(17)30-4/h5-11,14H,13H2,1-4H3,(H,27,29). The Morgan fingerprint density at radius 3 is 2.64 bits per heavy atom. The van der Waals surface area contributed by atoms with Gasteiger partial charge in [-0.25, -0.2) is 4.98 Å². The Morgan fingerprint density at radius 2 is 2.00 bits per heavy atom. The van der Waals surface area contributed by atoms with Gasteiger partial charge in [-0.1, -0.05) is 23.9 Å². The minimum atomic E-state index is -0.469. The number of nitrogens with one attached hydrogen (secondary N) is 1. The van der Waals surface area contributed by atoms with Gasteiger partial charge < -0.3 is 19.2 Å². The Kier molecular flexibility index (Phi) is 7.74. The predicted molar refractivity (Wildman–Crippen MR) is 124 cm³/mol. The molecule has 2 heterocycles. The molecule has 0 aliphatic heterocycles. The molecular formula is C24H23N3O5S. The number of para-hydroxylation sites is 2. The second-order valence-corrected chi connectivity index (χ2v) is 8.16. The summed E-state index contributed by atoms with van der Waals surface area (Å²) < 4.78 is 16.0. The number of nitriles is 1. The van der Waals surface area contributed by atoms with Gasteiger partial charge in [-0.2, -0.15) is 5.26 Å². The van der Waals surface area contributed by atoms with E-state index in [0.29, 0.717) is 33.5 Å². The third kappa shape index (κ3) is 5.54. The van der Waals surface area contributed by atoms with Crippen molar-refractivity contribution in [3.05, 3.63) is 59.5 Å². The van der Waals surface area contributed by atoms with Gasteiger partial charge in [0, 0.05) is 0 Å². The predicted octanol–water partition coefficient (Wildman–Crippen LogP) is 4.83. The van der Waals surface area contributed by atoms with Crippen molar-refractivity contribution >= 4 is 29.3 Å². The van der Waals surface area contributed by atoms with E-state index in [-0.39, 0.29) is 23.0 Å². The maximum Gasteiger partial charge on any atom is 0.316 e. The Labute approximate surface area is 195 Å². The van der Waals surface area contributed by atoms with Crippen LogP contribution in [0.5, 0.6) is 5.75 Å². The van der Waals surface area contributed by atoms with E-state index in [9.17, 15) is 14.9 Å². The number of anilines is 1. The van der Waals surface area contributed by atoms with Crippen molar-refractivity contribution in [3.8, 4) is 23.1 Å². The van der Waals surface area contributed by atoms with Crippen LogP contribution < -0.4 is 10.1 Å². The van der Waals surface area contributed by atoms with Crippen molar-refractivity contribution in [3.63, 3.8) is 0 Å². The summed E-state index contributed by atoms with van der Waals surface area (Å²) >= 11 is 1.08. The Morgan fingerprint density at radius 1 is 1.24 bits per heavy atom. The number of nitrogens with zero attached hydrogens (tertiary/aromatic N) is 2. The molecule has 0 aliphatic rings. The van der Waals surface area contributed by atoms with E-state index in [0.717, 1.165) is 11.8 Å². The van der Waals surface area contributed by atoms with Crippen LogP contribution in [0.2, 0.25) is 0 Å². The van der Waals surface area contributed by atoms with Crippen LogP contribution in [0, 0.1) is 18.3 Å². The quantitative estimate of drug-likeness (QED) is 0.372. The minimum Gasteiger partial charge on any atom is -0.495 e. The first-order chi connectivity index (χ1) is 15.8. The molecule has 0 spiro atoms. The van der Waals surface area contributed by atoms with Crippen molar-refractivity contribution in [2.75, 3.05) is 18.2 Å². The number of ether oxygens (including phenoxy) is 2. The molecule has 0 radical (unpaired) electrons. The highest BCUT2D eigenvalue weighted by Gasteiger charge is 2.27. The molecule has 3 aromatic rings. The molecule has 0 atom stereocenters. The van der Waals surface area contributed by atoms with Gasteiger partial charge in [0.2, 0.25) is 0 Å². The average Bonchev–Trinajstić information content (AvgIpc) is 3.31. The molecule has 1 amide bonds. The zero-order valence-electron chi connectivity index (χ0n) is 18.7. The molecule has 1 N–H and O–H groups in total. The maximum absolute atomic E-state index is 13.3. The lowest BCUT2D eigenvalue weighted by Crippen LogP contribution is -2.18. The molecule has 0 aliphatic carbocycles. The molecule has 8 nitrogen and oxygen atoms in total. The van der Waals surface area contributed by atoms with E-state index >= 15 is 0 Å². The SMILES string of the molecule is COc1ccccc1NC(=O)c1c(C)nc(SCC(=O)OC(C)C)c(C#N)c1-c1ccco1. The number of carbonyl (C=O) groups is 2. The third-order valence-electron chi connectivity index (χ3n) is 4.50. The molecule has 33 heavy (non-hydrogen) atoms. The van der Waals surface area contributed by atoms with Gasteiger partial charge in [0.1, 0.15) is 22.6 Å². The number of pyridine rings is 1. The van der Waals surface area contributed by atoms with Gasteiger partial charge in [0.05, 0.1) is 53.3 Å². The molecular weight excluding hydrogens is 442 g/mol. The second kappa shape index (κ2) is 10.7. The zero-order valence-corrected chi connectivity index (χ0v) is 19.5. The van der Waals surface area contributed by atoms with Gasteiger partial charge in [0.25, 0.3) is 5.91 Å². The molecule has 1 aromatic carbocycles. The molecule has 0 bridgehead atoms. The van der Waals surface area contributed by atoms with Crippen molar-refractivity contribution in [2.45, 2.75) is 31.9 Å². The molecule has 2 aromatic heterocycles. The first-order valence-corrected chi connectivity index (χ1v) is 11.1. The Hall–Kier alpha value is -3.77. The number of hydrogen-bond acceptors (Lipinski definition) is 8. The van der Waals surface area contributed by atoms with E-state index in [2.05, 4.69) is 16.4 Å². The summed E-state index contributed by atoms with van der Waals surface area (Å²) in [5.74, 6) is -0.0795. The summed E-state index contributed by atoms with van der Waals surface area (Å²) in [5, 5.41) is 13.1. The number of hydrogen-bond donors (Lipinski definition) is 1. The highest BCUT2D eigenvalue weighted by Crippen LogP contribution is 2.36. The number of rotatable bonds is 8. The van der Waals surface area contributed by atoms with Gasteiger partial charge >= 0.3 is 5.97 Å². The number of aromatic nitrogens is 1. The van der Waals surface area contributed by atoms with Crippen molar-refractivity contribution in [1.82, 2.24) is 4.98 Å². The summed E-state index contributed by atoms with van der Waals surface area (Å²) in [6, 6.07) is 12.5. The number of amides is 1. The fourth-order valence-corrected chi connectivity index (χ4v) is 4.00. The molecule has 0 fully saturated rings. The molecule has 9 heteroatoms. The second-order valence-electron chi connectivity index (χ2n) is 7.20. The van der Waals surface area contributed by atoms with Crippen molar-refractivity contribution < 1.29 is 23.5 Å². The van der Waals surface area contributed by atoms with Crippen molar-refractivity contribution in [2.24, 2.45) is 0 Å². The number of methoxy groups -OCH3 is 1. The van der Waals surface area contributed by atoms with Crippen LogP contribution >= 0.6 is 11.8 Å². The van der Waals surface area contributed by atoms with Gasteiger partial charge in [-0.15, -0.1) is 0 Å². The molecule has 0 saturated carbocycles. The maximum atomic E-state index is 13.3. The lowest BCUT2D eigenvalue weighted by molar-refractivity contribution is -0.144. The summed E-state index contributed by atoms with van der Waals surface area (Å²) in [4.78, 5) is 29.8. The number of benzene rings is 1. The van der Waals surface area contributed by atoms with Crippen LogP contribution in [0.25, 0.3) is 11.3 Å². The third-order valence-corrected chi connectivity index (χ3v) is 5.45. The number of aryl methyl sites for hydroxylation is 1. The van der Waals surface area contributed by atoms with Crippen LogP contribution in [0.15, 0.2) is 52.1 Å². The molecule has 170 valence electrons. The molecule has 3 rings (SSSR count). The topological polar surface area (TPSA) is 114 Å². The zero-order chi connectivity index (χ0) is 24.0. The van der Waals surface area contributed by atoms with Crippen LogP contribution in [0.1, 0.15) is 35.5 Å².